The van der Waals surface area contributed by atoms with Gasteiger partial charge >= 0.3 is 0 Å². The summed E-state index contributed by atoms with van der Waals surface area (Å²) in [5.74, 6) is 0.671. The molecule has 0 fully saturated rings. The Balaban J connectivity index is 1.00. The number of hydrogen-bond acceptors (Lipinski definition) is 4. The number of phenolic OH excluding ortho intramolecular Hbond substituents is 3. The molecule has 7 nitrogen and oxygen atoms in total. The zero-order valence-corrected chi connectivity index (χ0v) is 32.7. The molecular formula is C54H36N4O3. The fourth-order valence-corrected chi connectivity index (χ4v) is 9.41. The number of rotatable bonds is 6. The second-order valence-electron chi connectivity index (χ2n) is 15.5. The first-order valence-corrected chi connectivity index (χ1v) is 20.3. The SMILES string of the molecule is Oc1ccc2c3ccccc3n(-c3ccc(N(c4ccc(-n5c6ccccc6c6ccc(O)cc65)cc4)c4ccc(-n5c6ccccc6c6ccc(O)cc65)cc4)cc3)c2c1. The number of para-hydroxylation sites is 3. The highest BCUT2D eigenvalue weighted by Gasteiger charge is 2.19. The molecule has 0 saturated heterocycles. The van der Waals surface area contributed by atoms with Crippen LogP contribution in [0.15, 0.2) is 200 Å². The number of fused-ring (bicyclic) bond motifs is 9. The van der Waals surface area contributed by atoms with Gasteiger partial charge in [-0.3, -0.25) is 0 Å². The smallest absolute Gasteiger partial charge is 0.117 e. The Morgan fingerprint density at radius 2 is 0.525 bits per heavy atom. The molecule has 3 heterocycles. The third kappa shape index (κ3) is 5.38. The van der Waals surface area contributed by atoms with Crippen LogP contribution in [0.5, 0.6) is 17.2 Å². The van der Waals surface area contributed by atoms with Gasteiger partial charge in [-0.2, -0.15) is 0 Å². The number of phenols is 3. The molecule has 290 valence electrons. The summed E-state index contributed by atoms with van der Waals surface area (Å²) in [6.07, 6.45) is 0. The van der Waals surface area contributed by atoms with Crippen LogP contribution < -0.4 is 4.90 Å². The normalized spacial score (nSPS) is 11.8. The summed E-state index contributed by atoms with van der Waals surface area (Å²) in [6.45, 7) is 0. The van der Waals surface area contributed by atoms with Gasteiger partial charge in [-0.15, -0.1) is 0 Å². The highest BCUT2D eigenvalue weighted by atomic mass is 16.3. The number of aromatic hydroxyl groups is 3. The van der Waals surface area contributed by atoms with Crippen molar-refractivity contribution in [3.05, 3.63) is 200 Å². The van der Waals surface area contributed by atoms with Crippen LogP contribution >= 0.6 is 0 Å². The first kappa shape index (κ1) is 34.6. The van der Waals surface area contributed by atoms with Crippen molar-refractivity contribution in [2.24, 2.45) is 0 Å². The van der Waals surface area contributed by atoms with E-state index in [-0.39, 0.29) is 17.2 Å². The lowest BCUT2D eigenvalue weighted by atomic mass is 10.1. The highest BCUT2D eigenvalue weighted by molar-refractivity contribution is 6.11. The minimum absolute atomic E-state index is 0.224. The average molecular weight is 789 g/mol. The topological polar surface area (TPSA) is 78.7 Å². The molecule has 0 atom stereocenters. The third-order valence-corrected chi connectivity index (χ3v) is 12.1. The minimum atomic E-state index is 0.224. The Morgan fingerprint density at radius 3 is 0.820 bits per heavy atom. The molecule has 0 saturated carbocycles. The van der Waals surface area contributed by atoms with Crippen molar-refractivity contribution in [2.75, 3.05) is 4.90 Å². The summed E-state index contributed by atoms with van der Waals surface area (Å²) >= 11 is 0. The third-order valence-electron chi connectivity index (χ3n) is 12.1. The first-order valence-electron chi connectivity index (χ1n) is 20.3. The maximum absolute atomic E-state index is 10.5. The van der Waals surface area contributed by atoms with Crippen LogP contribution in [-0.4, -0.2) is 29.0 Å². The zero-order chi connectivity index (χ0) is 40.8. The predicted molar refractivity (Wildman–Crippen MR) is 249 cm³/mol. The molecule has 0 spiro atoms. The van der Waals surface area contributed by atoms with E-state index in [1.807, 2.05) is 72.8 Å². The summed E-state index contributed by atoms with van der Waals surface area (Å²) in [6, 6.07) is 67.4. The van der Waals surface area contributed by atoms with E-state index >= 15 is 0 Å². The van der Waals surface area contributed by atoms with Gasteiger partial charge in [0, 0.05) is 84.6 Å². The summed E-state index contributed by atoms with van der Waals surface area (Å²) in [5.41, 5.74) is 11.9. The lowest BCUT2D eigenvalue weighted by Crippen LogP contribution is -2.10. The van der Waals surface area contributed by atoms with Gasteiger partial charge in [-0.25, -0.2) is 0 Å². The van der Waals surface area contributed by atoms with Crippen LogP contribution in [-0.2, 0) is 0 Å². The molecule has 7 heteroatoms. The summed E-state index contributed by atoms with van der Waals surface area (Å²) in [4.78, 5) is 2.25. The fraction of sp³-hybridized carbons (Fsp3) is 0. The van der Waals surface area contributed by atoms with Crippen LogP contribution in [0.2, 0.25) is 0 Å². The Morgan fingerprint density at radius 1 is 0.262 bits per heavy atom. The second kappa shape index (κ2) is 13.3. The molecule has 12 aromatic rings. The first-order chi connectivity index (χ1) is 30.0. The minimum Gasteiger partial charge on any atom is -0.508 e. The van der Waals surface area contributed by atoms with Crippen molar-refractivity contribution in [1.82, 2.24) is 13.7 Å². The molecule has 0 aliphatic rings. The Kier molecular flexibility index (Phi) is 7.55. The van der Waals surface area contributed by atoms with Crippen LogP contribution in [0, 0.1) is 0 Å². The summed E-state index contributed by atoms with van der Waals surface area (Å²) in [5, 5.41) is 38.2. The number of hydrogen-bond donors (Lipinski definition) is 3. The van der Waals surface area contributed by atoms with E-state index in [4.69, 9.17) is 0 Å². The molecule has 12 rings (SSSR count). The van der Waals surface area contributed by atoms with Crippen molar-refractivity contribution < 1.29 is 15.3 Å². The molecule has 0 aliphatic carbocycles. The van der Waals surface area contributed by atoms with Crippen LogP contribution in [0.25, 0.3) is 82.5 Å². The number of anilines is 3. The van der Waals surface area contributed by atoms with Crippen molar-refractivity contribution in [3.8, 4) is 34.3 Å². The second-order valence-corrected chi connectivity index (χ2v) is 15.5. The maximum Gasteiger partial charge on any atom is 0.117 e. The number of nitrogens with zero attached hydrogens (tertiary/aromatic N) is 4. The average Bonchev–Trinajstić information content (AvgIpc) is 3.92. The van der Waals surface area contributed by atoms with Gasteiger partial charge in [-0.05, 0) is 127 Å². The lowest BCUT2D eigenvalue weighted by molar-refractivity contribution is 0.475. The molecule has 3 N–H and O–H groups in total. The van der Waals surface area contributed by atoms with Crippen molar-refractivity contribution >= 4 is 82.5 Å². The van der Waals surface area contributed by atoms with Gasteiger partial charge in [0.2, 0.25) is 0 Å². The van der Waals surface area contributed by atoms with Crippen molar-refractivity contribution in [3.63, 3.8) is 0 Å². The van der Waals surface area contributed by atoms with Crippen molar-refractivity contribution in [1.29, 1.82) is 0 Å². The Hall–Kier alpha value is -8.42. The molecule has 0 aliphatic heterocycles. The predicted octanol–water partition coefficient (Wildman–Crippen LogP) is 13.6. The number of benzene rings is 9. The summed E-state index contributed by atoms with van der Waals surface area (Å²) < 4.78 is 6.61. The number of aromatic nitrogens is 3. The molecule has 3 aromatic heterocycles. The van der Waals surface area contributed by atoms with Crippen LogP contribution in [0.1, 0.15) is 0 Å². The van der Waals surface area contributed by atoms with Crippen LogP contribution in [0.4, 0.5) is 17.1 Å². The van der Waals surface area contributed by atoms with Gasteiger partial charge in [0.1, 0.15) is 17.2 Å². The fourth-order valence-electron chi connectivity index (χ4n) is 9.41. The molecular weight excluding hydrogens is 753 g/mol. The van der Waals surface area contributed by atoms with Crippen LogP contribution in [0.3, 0.4) is 0 Å². The van der Waals surface area contributed by atoms with E-state index in [2.05, 4.69) is 128 Å². The standard InChI is InChI=1S/C54H36N4O3/c59-40-25-28-46-43-7-1-4-10-49(43)56(52(46)31-40)37-19-13-34(14-20-37)55(35-15-21-38(22-16-35)57-50-11-5-2-8-44(50)47-29-26-41(60)32-53(47)57)36-17-23-39(24-18-36)58-51-12-6-3-9-45(51)48-30-27-42(61)33-54(48)58/h1-33,59-61H. The van der Waals surface area contributed by atoms with E-state index in [0.29, 0.717) is 0 Å². The van der Waals surface area contributed by atoms with Gasteiger partial charge in [0.05, 0.1) is 33.1 Å². The van der Waals surface area contributed by atoms with E-state index in [0.717, 1.165) is 99.5 Å². The molecule has 0 amide bonds. The Labute approximate surface area is 349 Å². The molecule has 0 bridgehead atoms. The highest BCUT2D eigenvalue weighted by Crippen LogP contribution is 2.41. The lowest BCUT2D eigenvalue weighted by Gasteiger charge is -2.26. The zero-order valence-electron chi connectivity index (χ0n) is 32.7. The molecule has 0 unspecified atom stereocenters. The van der Waals surface area contributed by atoms with Gasteiger partial charge in [0.25, 0.3) is 0 Å². The summed E-state index contributed by atoms with van der Waals surface area (Å²) in [7, 11) is 0. The van der Waals surface area contributed by atoms with Gasteiger partial charge in [-0.1, -0.05) is 54.6 Å². The van der Waals surface area contributed by atoms with E-state index in [1.165, 1.54) is 0 Å². The van der Waals surface area contributed by atoms with Crippen molar-refractivity contribution in [2.45, 2.75) is 0 Å². The quantitative estimate of drug-likeness (QED) is 0.157. The Bertz CT molecular complexity index is 3280. The van der Waals surface area contributed by atoms with Gasteiger partial charge in [0.15, 0.2) is 0 Å². The van der Waals surface area contributed by atoms with Gasteiger partial charge < -0.3 is 33.9 Å². The largest absolute Gasteiger partial charge is 0.508 e. The maximum atomic E-state index is 10.5. The molecule has 61 heavy (non-hydrogen) atoms. The van der Waals surface area contributed by atoms with E-state index < -0.39 is 0 Å². The monoisotopic (exact) mass is 788 g/mol. The molecule has 0 radical (unpaired) electrons. The van der Waals surface area contributed by atoms with E-state index in [9.17, 15) is 15.3 Å². The van der Waals surface area contributed by atoms with E-state index in [1.54, 1.807) is 18.2 Å². The molecule has 9 aromatic carbocycles.